The van der Waals surface area contributed by atoms with Crippen LogP contribution < -0.4 is 11.0 Å². The summed E-state index contributed by atoms with van der Waals surface area (Å²) >= 11 is 15.4. The Morgan fingerprint density at radius 2 is 2.00 bits per heavy atom. The van der Waals surface area contributed by atoms with E-state index in [0.29, 0.717) is 31.4 Å². The molecule has 4 aromatic rings. The van der Waals surface area contributed by atoms with Crippen molar-refractivity contribution in [3.05, 3.63) is 79.1 Å². The zero-order chi connectivity index (χ0) is 20.7. The van der Waals surface area contributed by atoms with Gasteiger partial charge in [0.2, 0.25) is 0 Å². The summed E-state index contributed by atoms with van der Waals surface area (Å²) in [6, 6.07) is 9.53. The fraction of sp³-hybridized carbons (Fsp3) is 0.0556. The van der Waals surface area contributed by atoms with E-state index < -0.39 is 11.5 Å². The summed E-state index contributed by atoms with van der Waals surface area (Å²) in [6.07, 6.45) is 1.53. The second-order valence-corrected chi connectivity index (χ2v) is 7.63. The molecule has 29 heavy (non-hydrogen) atoms. The second-order valence-electron chi connectivity index (χ2n) is 5.97. The lowest BCUT2D eigenvalue weighted by atomic mass is 10.2. The Morgan fingerprint density at radius 3 is 2.76 bits per heavy atom. The average Bonchev–Trinajstić information content (AvgIpc) is 3.06. The van der Waals surface area contributed by atoms with E-state index in [4.69, 9.17) is 23.2 Å². The predicted octanol–water partition coefficient (Wildman–Crippen LogP) is 3.74. The average molecular weight is 494 g/mol. The molecule has 3 aromatic heterocycles. The molecule has 1 amide bonds. The maximum Gasteiger partial charge on any atom is 0.289 e. The van der Waals surface area contributed by atoms with Crippen LogP contribution >= 0.6 is 39.1 Å². The van der Waals surface area contributed by atoms with Gasteiger partial charge in [0.05, 0.1) is 15.9 Å². The fourth-order valence-electron chi connectivity index (χ4n) is 2.77. The second kappa shape index (κ2) is 7.58. The van der Waals surface area contributed by atoms with Gasteiger partial charge in [0.15, 0.2) is 5.82 Å². The van der Waals surface area contributed by atoms with Crippen LogP contribution in [0.5, 0.6) is 0 Å². The monoisotopic (exact) mass is 492 g/mol. The van der Waals surface area contributed by atoms with Gasteiger partial charge in [-0.05, 0) is 53.2 Å². The highest BCUT2D eigenvalue weighted by Crippen LogP contribution is 2.21. The SMILES string of the molecule is Cc1nc2cc(Cl)ccc2c(=O)n1NC(=O)c1cc(Br)nn1-c1ncccc1Cl. The van der Waals surface area contributed by atoms with Gasteiger partial charge in [0, 0.05) is 17.3 Å². The van der Waals surface area contributed by atoms with Crippen LogP contribution in [0.25, 0.3) is 16.7 Å². The van der Waals surface area contributed by atoms with Gasteiger partial charge in [-0.15, -0.1) is 0 Å². The molecule has 11 heteroatoms. The normalized spacial score (nSPS) is 11.0. The molecule has 0 fully saturated rings. The highest BCUT2D eigenvalue weighted by molar-refractivity contribution is 9.10. The van der Waals surface area contributed by atoms with Crippen molar-refractivity contribution in [2.45, 2.75) is 6.92 Å². The van der Waals surface area contributed by atoms with Crippen molar-refractivity contribution in [2.24, 2.45) is 0 Å². The minimum absolute atomic E-state index is 0.125. The maximum atomic E-state index is 13.0. The van der Waals surface area contributed by atoms with Crippen LogP contribution in [0.1, 0.15) is 16.3 Å². The van der Waals surface area contributed by atoms with Gasteiger partial charge in [0.1, 0.15) is 16.1 Å². The quantitative estimate of drug-likeness (QED) is 0.469. The summed E-state index contributed by atoms with van der Waals surface area (Å²) in [5.74, 6) is -0.0234. The van der Waals surface area contributed by atoms with Crippen molar-refractivity contribution in [1.29, 1.82) is 0 Å². The van der Waals surface area contributed by atoms with E-state index in [9.17, 15) is 9.59 Å². The molecular weight excluding hydrogens is 483 g/mol. The van der Waals surface area contributed by atoms with E-state index in [2.05, 4.69) is 36.4 Å². The van der Waals surface area contributed by atoms with Crippen molar-refractivity contribution in [2.75, 3.05) is 5.43 Å². The first-order valence-electron chi connectivity index (χ1n) is 8.22. The standard InChI is InChI=1S/C18H11BrCl2N6O2/c1-9-23-13-7-10(20)4-5-11(13)18(29)26(9)25-17(28)14-8-15(19)24-27(14)16-12(21)3-2-6-22-16/h2-8H,1H3,(H,25,28). The number of aryl methyl sites for hydroxylation is 1. The van der Waals surface area contributed by atoms with Gasteiger partial charge in [-0.2, -0.15) is 5.10 Å². The predicted molar refractivity (Wildman–Crippen MR) is 114 cm³/mol. The number of rotatable bonds is 3. The molecule has 0 saturated carbocycles. The van der Waals surface area contributed by atoms with Crippen LogP contribution in [0.3, 0.4) is 0 Å². The summed E-state index contributed by atoms with van der Waals surface area (Å²) in [7, 11) is 0. The molecule has 8 nitrogen and oxygen atoms in total. The van der Waals surface area contributed by atoms with Crippen LogP contribution in [0.2, 0.25) is 10.0 Å². The lowest BCUT2D eigenvalue weighted by Crippen LogP contribution is -2.36. The number of amides is 1. The number of benzene rings is 1. The van der Waals surface area contributed by atoms with E-state index in [1.54, 1.807) is 37.3 Å². The number of aromatic nitrogens is 5. The van der Waals surface area contributed by atoms with Gasteiger partial charge in [-0.25, -0.2) is 19.3 Å². The van der Waals surface area contributed by atoms with Crippen LogP contribution in [-0.2, 0) is 0 Å². The van der Waals surface area contributed by atoms with Crippen molar-refractivity contribution >= 4 is 55.9 Å². The Kier molecular flexibility index (Phi) is 5.12. The lowest BCUT2D eigenvalue weighted by molar-refractivity contribution is 0.0998. The smallest absolute Gasteiger partial charge is 0.267 e. The molecule has 0 aliphatic heterocycles. The van der Waals surface area contributed by atoms with Crippen molar-refractivity contribution in [1.82, 2.24) is 24.4 Å². The summed E-state index contributed by atoms with van der Waals surface area (Å²) in [6.45, 7) is 1.60. The molecule has 146 valence electrons. The van der Waals surface area contributed by atoms with Crippen molar-refractivity contribution < 1.29 is 4.79 Å². The number of pyridine rings is 1. The van der Waals surface area contributed by atoms with Crippen LogP contribution in [0, 0.1) is 6.92 Å². The Hall–Kier alpha value is -2.75. The number of halogens is 3. The van der Waals surface area contributed by atoms with E-state index in [1.165, 1.54) is 16.9 Å². The van der Waals surface area contributed by atoms with Crippen molar-refractivity contribution in [3.63, 3.8) is 0 Å². The zero-order valence-electron chi connectivity index (χ0n) is 14.7. The summed E-state index contributed by atoms with van der Waals surface area (Å²) in [5, 5.41) is 5.32. The van der Waals surface area contributed by atoms with Crippen LogP contribution in [-0.4, -0.2) is 30.3 Å². The lowest BCUT2D eigenvalue weighted by Gasteiger charge is -2.13. The highest BCUT2D eigenvalue weighted by atomic mass is 79.9. The molecule has 0 unspecified atom stereocenters. The minimum atomic E-state index is -0.592. The molecule has 1 N–H and O–H groups in total. The van der Waals surface area contributed by atoms with E-state index in [-0.39, 0.29) is 11.5 Å². The molecular formula is C18H11BrCl2N6O2. The molecule has 1 aromatic carbocycles. The third-order valence-electron chi connectivity index (χ3n) is 4.06. The summed E-state index contributed by atoms with van der Waals surface area (Å²) < 4.78 is 2.76. The Bertz CT molecular complexity index is 1330. The number of carbonyl (C=O) groups excluding carboxylic acids is 1. The first kappa shape index (κ1) is 19.6. The zero-order valence-corrected chi connectivity index (χ0v) is 17.8. The number of nitrogens with zero attached hydrogens (tertiary/aromatic N) is 5. The largest absolute Gasteiger partial charge is 0.289 e. The van der Waals surface area contributed by atoms with Crippen molar-refractivity contribution in [3.8, 4) is 5.82 Å². The first-order chi connectivity index (χ1) is 13.8. The molecule has 3 heterocycles. The molecule has 0 aliphatic rings. The third-order valence-corrected chi connectivity index (χ3v) is 4.98. The van der Waals surface area contributed by atoms with Gasteiger partial charge >= 0.3 is 0 Å². The minimum Gasteiger partial charge on any atom is -0.267 e. The van der Waals surface area contributed by atoms with Crippen LogP contribution in [0.15, 0.2) is 52.0 Å². The molecule has 0 atom stereocenters. The molecule has 0 aliphatic carbocycles. The maximum absolute atomic E-state index is 13.0. The Balaban J connectivity index is 1.78. The summed E-state index contributed by atoms with van der Waals surface area (Å²) in [4.78, 5) is 34.3. The Labute approximate surface area is 182 Å². The molecule has 0 saturated heterocycles. The van der Waals surface area contributed by atoms with Gasteiger partial charge in [-0.1, -0.05) is 23.2 Å². The molecule has 4 rings (SSSR count). The Morgan fingerprint density at radius 1 is 1.21 bits per heavy atom. The number of hydrogen-bond acceptors (Lipinski definition) is 5. The summed E-state index contributed by atoms with van der Waals surface area (Å²) in [5.41, 5.74) is 2.70. The molecule has 0 spiro atoms. The van der Waals surface area contributed by atoms with E-state index in [1.807, 2.05) is 0 Å². The first-order valence-corrected chi connectivity index (χ1v) is 9.77. The molecule has 0 radical (unpaired) electrons. The van der Waals surface area contributed by atoms with Gasteiger partial charge in [-0.3, -0.25) is 15.0 Å². The molecule has 0 bridgehead atoms. The van der Waals surface area contributed by atoms with Crippen LogP contribution in [0.4, 0.5) is 0 Å². The number of nitrogens with one attached hydrogen (secondary N) is 1. The highest BCUT2D eigenvalue weighted by Gasteiger charge is 2.20. The third kappa shape index (κ3) is 3.64. The number of carbonyl (C=O) groups is 1. The fourth-order valence-corrected chi connectivity index (χ4v) is 3.51. The van der Waals surface area contributed by atoms with E-state index in [0.717, 1.165) is 4.68 Å². The van der Waals surface area contributed by atoms with Gasteiger partial charge < -0.3 is 0 Å². The van der Waals surface area contributed by atoms with E-state index >= 15 is 0 Å². The number of hydrogen-bond donors (Lipinski definition) is 1. The number of fused-ring (bicyclic) bond motifs is 1. The topological polar surface area (TPSA) is 94.7 Å². The van der Waals surface area contributed by atoms with Gasteiger partial charge in [0.25, 0.3) is 11.5 Å².